The van der Waals surface area contributed by atoms with Gasteiger partial charge in [-0.3, -0.25) is 4.90 Å². The molecule has 0 saturated carbocycles. The van der Waals surface area contributed by atoms with E-state index in [0.717, 1.165) is 25.2 Å². The number of nitrogens with two attached hydrogens (primary N) is 1. The van der Waals surface area contributed by atoms with Crippen molar-refractivity contribution in [2.24, 2.45) is 11.7 Å². The zero-order valence-corrected chi connectivity index (χ0v) is 10.3. The van der Waals surface area contributed by atoms with Crippen LogP contribution in [0.2, 0.25) is 0 Å². The van der Waals surface area contributed by atoms with E-state index in [4.69, 9.17) is 11.0 Å². The van der Waals surface area contributed by atoms with E-state index in [9.17, 15) is 0 Å². The summed E-state index contributed by atoms with van der Waals surface area (Å²) in [4.78, 5) is 2.47. The summed E-state index contributed by atoms with van der Waals surface area (Å²) in [5, 5.41) is 8.75. The second kappa shape index (κ2) is 5.31. The third-order valence-corrected chi connectivity index (χ3v) is 3.59. The molecule has 2 rings (SSSR count). The maximum Gasteiger partial charge on any atom is 0.0991 e. The van der Waals surface area contributed by atoms with Gasteiger partial charge >= 0.3 is 0 Å². The predicted octanol–water partition coefficient (Wildman–Crippen LogP) is 1.73. The third-order valence-electron chi connectivity index (χ3n) is 3.59. The van der Waals surface area contributed by atoms with E-state index in [1.165, 1.54) is 12.0 Å². The SMILES string of the molecule is CC1CC(CN)CN1Cc1ccc(C#N)cc1. The zero-order chi connectivity index (χ0) is 12.3. The van der Waals surface area contributed by atoms with Crippen LogP contribution < -0.4 is 5.73 Å². The van der Waals surface area contributed by atoms with Crippen molar-refractivity contribution in [3.63, 3.8) is 0 Å². The van der Waals surface area contributed by atoms with Gasteiger partial charge in [-0.1, -0.05) is 12.1 Å². The van der Waals surface area contributed by atoms with E-state index in [1.807, 2.05) is 24.3 Å². The summed E-state index contributed by atoms with van der Waals surface area (Å²) in [6, 6.07) is 10.6. The first-order chi connectivity index (χ1) is 8.22. The van der Waals surface area contributed by atoms with Crippen LogP contribution in [0.1, 0.15) is 24.5 Å². The second-order valence-electron chi connectivity index (χ2n) is 4.92. The molecule has 2 unspecified atom stereocenters. The van der Waals surface area contributed by atoms with E-state index >= 15 is 0 Å². The molecule has 1 aromatic carbocycles. The van der Waals surface area contributed by atoms with Gasteiger partial charge in [0.25, 0.3) is 0 Å². The maximum absolute atomic E-state index is 8.75. The Morgan fingerprint density at radius 1 is 1.41 bits per heavy atom. The van der Waals surface area contributed by atoms with Gasteiger partial charge in [-0.05, 0) is 43.5 Å². The van der Waals surface area contributed by atoms with Gasteiger partial charge < -0.3 is 5.73 Å². The molecule has 17 heavy (non-hydrogen) atoms. The highest BCUT2D eigenvalue weighted by Crippen LogP contribution is 2.24. The minimum Gasteiger partial charge on any atom is -0.330 e. The van der Waals surface area contributed by atoms with Crippen molar-refractivity contribution in [1.29, 1.82) is 5.26 Å². The van der Waals surface area contributed by atoms with E-state index in [1.54, 1.807) is 0 Å². The first-order valence-electron chi connectivity index (χ1n) is 6.16. The summed E-state index contributed by atoms with van der Waals surface area (Å²) < 4.78 is 0. The molecule has 1 saturated heterocycles. The first kappa shape index (κ1) is 12.1. The molecule has 2 N–H and O–H groups in total. The Labute approximate surface area is 103 Å². The Bertz CT molecular complexity index is 404. The van der Waals surface area contributed by atoms with E-state index in [0.29, 0.717) is 12.0 Å². The molecule has 1 aliphatic rings. The minimum absolute atomic E-state index is 0.610. The lowest BCUT2D eigenvalue weighted by molar-refractivity contribution is 0.256. The van der Waals surface area contributed by atoms with E-state index in [2.05, 4.69) is 17.9 Å². The lowest BCUT2D eigenvalue weighted by Crippen LogP contribution is -2.27. The third kappa shape index (κ3) is 2.85. The normalized spacial score (nSPS) is 24.8. The van der Waals surface area contributed by atoms with Gasteiger partial charge in [0.05, 0.1) is 11.6 Å². The van der Waals surface area contributed by atoms with Crippen LogP contribution in [-0.2, 0) is 6.54 Å². The van der Waals surface area contributed by atoms with Gasteiger partial charge in [0, 0.05) is 19.1 Å². The van der Waals surface area contributed by atoms with Gasteiger partial charge in [0.1, 0.15) is 0 Å². The van der Waals surface area contributed by atoms with Crippen molar-refractivity contribution in [2.75, 3.05) is 13.1 Å². The summed E-state index contributed by atoms with van der Waals surface area (Å²) in [6.45, 7) is 5.11. The molecule has 0 bridgehead atoms. The Morgan fingerprint density at radius 2 is 2.12 bits per heavy atom. The van der Waals surface area contributed by atoms with Crippen LogP contribution >= 0.6 is 0 Å². The van der Waals surface area contributed by atoms with Crippen LogP contribution in [0, 0.1) is 17.2 Å². The molecule has 1 heterocycles. The number of nitrogens with zero attached hydrogens (tertiary/aromatic N) is 2. The standard InChI is InChI=1S/C14H19N3/c1-11-6-14(8-16)10-17(11)9-13-4-2-12(7-15)3-5-13/h2-5,11,14H,6,8-10,16H2,1H3. The Hall–Kier alpha value is -1.37. The fraction of sp³-hybridized carbons (Fsp3) is 0.500. The lowest BCUT2D eigenvalue weighted by atomic mass is 10.1. The molecule has 1 fully saturated rings. The highest BCUT2D eigenvalue weighted by Gasteiger charge is 2.27. The Morgan fingerprint density at radius 3 is 2.65 bits per heavy atom. The quantitative estimate of drug-likeness (QED) is 0.858. The monoisotopic (exact) mass is 229 g/mol. The van der Waals surface area contributed by atoms with Crippen molar-refractivity contribution in [1.82, 2.24) is 4.90 Å². The van der Waals surface area contributed by atoms with E-state index in [-0.39, 0.29) is 0 Å². The number of hydrogen-bond donors (Lipinski definition) is 1. The number of rotatable bonds is 3. The average molecular weight is 229 g/mol. The summed E-state index contributed by atoms with van der Waals surface area (Å²) in [6.07, 6.45) is 1.20. The van der Waals surface area contributed by atoms with Crippen LogP contribution in [0.4, 0.5) is 0 Å². The molecule has 90 valence electrons. The highest BCUT2D eigenvalue weighted by molar-refractivity contribution is 5.31. The average Bonchev–Trinajstić information content (AvgIpc) is 2.71. The largest absolute Gasteiger partial charge is 0.330 e. The van der Waals surface area contributed by atoms with Gasteiger partial charge in [0.2, 0.25) is 0 Å². The van der Waals surface area contributed by atoms with Crippen LogP contribution in [0.25, 0.3) is 0 Å². The molecule has 3 heteroatoms. The van der Waals surface area contributed by atoms with Crippen molar-refractivity contribution >= 4 is 0 Å². The molecule has 3 nitrogen and oxygen atoms in total. The van der Waals surface area contributed by atoms with E-state index < -0.39 is 0 Å². The topological polar surface area (TPSA) is 53.0 Å². The van der Waals surface area contributed by atoms with Crippen molar-refractivity contribution in [3.05, 3.63) is 35.4 Å². The molecular weight excluding hydrogens is 210 g/mol. The fourth-order valence-electron chi connectivity index (χ4n) is 2.53. The highest BCUT2D eigenvalue weighted by atomic mass is 15.2. The Balaban J connectivity index is 1.99. The van der Waals surface area contributed by atoms with Gasteiger partial charge in [-0.25, -0.2) is 0 Å². The molecule has 0 aromatic heterocycles. The summed E-state index contributed by atoms with van der Waals surface area (Å²) in [5.41, 5.74) is 7.72. The van der Waals surface area contributed by atoms with Crippen LogP contribution in [0.3, 0.4) is 0 Å². The van der Waals surface area contributed by atoms with Gasteiger partial charge in [0.15, 0.2) is 0 Å². The molecule has 0 aliphatic carbocycles. The van der Waals surface area contributed by atoms with Crippen LogP contribution in [-0.4, -0.2) is 24.0 Å². The number of likely N-dealkylation sites (tertiary alicyclic amines) is 1. The smallest absolute Gasteiger partial charge is 0.0991 e. The maximum atomic E-state index is 8.75. The van der Waals surface area contributed by atoms with Crippen LogP contribution in [0.5, 0.6) is 0 Å². The molecule has 1 aliphatic heterocycles. The molecule has 0 spiro atoms. The summed E-state index contributed by atoms with van der Waals surface area (Å²) in [7, 11) is 0. The van der Waals surface area contributed by atoms with Crippen molar-refractivity contribution < 1.29 is 0 Å². The molecule has 0 radical (unpaired) electrons. The molecule has 2 atom stereocenters. The van der Waals surface area contributed by atoms with Gasteiger partial charge in [-0.2, -0.15) is 5.26 Å². The minimum atomic E-state index is 0.610. The number of benzene rings is 1. The molecule has 0 amide bonds. The second-order valence-corrected chi connectivity index (χ2v) is 4.92. The van der Waals surface area contributed by atoms with Crippen LogP contribution in [0.15, 0.2) is 24.3 Å². The van der Waals surface area contributed by atoms with Crippen molar-refractivity contribution in [2.45, 2.75) is 25.9 Å². The van der Waals surface area contributed by atoms with Crippen molar-refractivity contribution in [3.8, 4) is 6.07 Å². The Kier molecular flexibility index (Phi) is 3.78. The molecule has 1 aromatic rings. The fourth-order valence-corrected chi connectivity index (χ4v) is 2.53. The zero-order valence-electron chi connectivity index (χ0n) is 10.3. The number of hydrogen-bond acceptors (Lipinski definition) is 3. The van der Waals surface area contributed by atoms with Gasteiger partial charge in [-0.15, -0.1) is 0 Å². The predicted molar refractivity (Wildman–Crippen MR) is 68.2 cm³/mol. The summed E-state index contributed by atoms with van der Waals surface area (Å²) in [5.74, 6) is 0.642. The first-order valence-corrected chi connectivity index (χ1v) is 6.16. The molecular formula is C14H19N3. The lowest BCUT2D eigenvalue weighted by Gasteiger charge is -2.21. The number of nitriles is 1. The summed E-state index contributed by atoms with van der Waals surface area (Å²) >= 11 is 0.